The highest BCUT2D eigenvalue weighted by molar-refractivity contribution is 7.99. The lowest BCUT2D eigenvalue weighted by atomic mass is 10.4. The first-order chi connectivity index (χ1) is 7.83. The van der Waals surface area contributed by atoms with E-state index in [9.17, 15) is 0 Å². The number of hydrogen-bond donors (Lipinski definition) is 1. The monoisotopic (exact) mass is 241 g/mol. The lowest BCUT2D eigenvalue weighted by Gasteiger charge is -2.10. The van der Waals surface area contributed by atoms with Crippen molar-refractivity contribution in [3.05, 3.63) is 18.5 Å². The van der Waals surface area contributed by atoms with Gasteiger partial charge in [0.25, 0.3) is 0 Å². The molecule has 4 nitrogen and oxygen atoms in total. The normalized spacial score (nSPS) is 12.6. The number of rotatable bonds is 8. The molecule has 0 bridgehead atoms. The van der Waals surface area contributed by atoms with E-state index in [1.165, 1.54) is 0 Å². The van der Waals surface area contributed by atoms with E-state index in [-0.39, 0.29) is 0 Å². The minimum Gasteiger partial charge on any atom is -0.385 e. The molecule has 0 aromatic carbocycles. The van der Waals surface area contributed by atoms with Gasteiger partial charge in [-0.25, -0.2) is 9.97 Å². The molecular formula is C11H19N3OS. The first kappa shape index (κ1) is 13.4. The SMILES string of the molecule is COCCCNCC(C)Sc1ncccn1. The van der Waals surface area contributed by atoms with Crippen molar-refractivity contribution in [1.29, 1.82) is 0 Å². The Bertz CT molecular complexity index is 271. The van der Waals surface area contributed by atoms with E-state index < -0.39 is 0 Å². The summed E-state index contributed by atoms with van der Waals surface area (Å²) >= 11 is 1.69. The predicted octanol–water partition coefficient (Wildman–Crippen LogP) is 1.58. The highest BCUT2D eigenvalue weighted by Crippen LogP contribution is 2.17. The van der Waals surface area contributed by atoms with Crippen LogP contribution in [0.1, 0.15) is 13.3 Å². The van der Waals surface area contributed by atoms with E-state index in [4.69, 9.17) is 4.74 Å². The Balaban J connectivity index is 2.09. The van der Waals surface area contributed by atoms with Crippen LogP contribution in [0, 0.1) is 0 Å². The number of aromatic nitrogens is 2. The summed E-state index contributed by atoms with van der Waals surface area (Å²) in [7, 11) is 1.73. The van der Waals surface area contributed by atoms with Crippen LogP contribution in [0.25, 0.3) is 0 Å². The average Bonchev–Trinajstić information content (AvgIpc) is 2.30. The number of nitrogens with zero attached hydrogens (tertiary/aromatic N) is 2. The fourth-order valence-electron chi connectivity index (χ4n) is 1.21. The van der Waals surface area contributed by atoms with E-state index >= 15 is 0 Å². The van der Waals surface area contributed by atoms with Crippen molar-refractivity contribution in [3.8, 4) is 0 Å². The predicted molar refractivity (Wildman–Crippen MR) is 66.7 cm³/mol. The van der Waals surface area contributed by atoms with Crippen molar-refractivity contribution in [2.45, 2.75) is 23.8 Å². The van der Waals surface area contributed by atoms with Gasteiger partial charge >= 0.3 is 0 Å². The molecule has 0 aliphatic rings. The second kappa shape index (κ2) is 8.50. The molecule has 0 amide bonds. The lowest BCUT2D eigenvalue weighted by molar-refractivity contribution is 0.194. The summed E-state index contributed by atoms with van der Waals surface area (Å²) in [6.45, 7) is 4.95. The standard InChI is InChI=1S/C11H19N3OS/c1-10(9-12-5-4-8-15-2)16-11-13-6-3-7-14-11/h3,6-7,10,12H,4-5,8-9H2,1-2H3. The fourth-order valence-corrected chi connectivity index (χ4v) is 2.02. The van der Waals surface area contributed by atoms with Crippen molar-refractivity contribution >= 4 is 11.8 Å². The maximum atomic E-state index is 4.98. The van der Waals surface area contributed by atoms with Crippen LogP contribution >= 0.6 is 11.8 Å². The zero-order valence-electron chi connectivity index (χ0n) is 9.85. The van der Waals surface area contributed by atoms with Crippen molar-refractivity contribution < 1.29 is 4.74 Å². The molecule has 0 saturated heterocycles. The van der Waals surface area contributed by atoms with Crippen molar-refractivity contribution in [2.75, 3.05) is 26.8 Å². The smallest absolute Gasteiger partial charge is 0.187 e. The quantitative estimate of drug-likeness (QED) is 0.425. The second-order valence-electron chi connectivity index (χ2n) is 3.51. The summed E-state index contributed by atoms with van der Waals surface area (Å²) in [5, 5.41) is 4.70. The van der Waals surface area contributed by atoms with Gasteiger partial charge in [-0.05, 0) is 19.0 Å². The molecule has 0 spiro atoms. The Hall–Kier alpha value is -0.650. The largest absolute Gasteiger partial charge is 0.385 e. The molecule has 1 atom stereocenters. The van der Waals surface area contributed by atoms with Crippen molar-refractivity contribution in [2.24, 2.45) is 0 Å². The zero-order chi connectivity index (χ0) is 11.6. The summed E-state index contributed by atoms with van der Waals surface area (Å²) in [5.74, 6) is 0. The van der Waals surface area contributed by atoms with Gasteiger partial charge in [0.05, 0.1) is 0 Å². The van der Waals surface area contributed by atoms with Crippen LogP contribution in [0.15, 0.2) is 23.6 Å². The third-order valence-electron chi connectivity index (χ3n) is 1.98. The molecule has 16 heavy (non-hydrogen) atoms. The van der Waals surface area contributed by atoms with Crippen LogP contribution in [-0.2, 0) is 4.74 Å². The summed E-state index contributed by atoms with van der Waals surface area (Å²) in [6, 6.07) is 1.83. The Labute approximate surface area is 101 Å². The third kappa shape index (κ3) is 6.05. The summed E-state index contributed by atoms with van der Waals surface area (Å²) in [4.78, 5) is 8.36. The summed E-state index contributed by atoms with van der Waals surface area (Å²) in [5.41, 5.74) is 0. The van der Waals surface area contributed by atoms with Crippen LogP contribution in [0.2, 0.25) is 0 Å². The van der Waals surface area contributed by atoms with Crippen LogP contribution in [0.4, 0.5) is 0 Å². The molecule has 1 unspecified atom stereocenters. The van der Waals surface area contributed by atoms with Crippen LogP contribution in [0.5, 0.6) is 0 Å². The number of hydrogen-bond acceptors (Lipinski definition) is 5. The average molecular weight is 241 g/mol. The fraction of sp³-hybridized carbons (Fsp3) is 0.636. The molecule has 90 valence electrons. The number of methoxy groups -OCH3 is 1. The van der Waals surface area contributed by atoms with Gasteiger partial charge in [-0.3, -0.25) is 0 Å². The van der Waals surface area contributed by atoms with Crippen LogP contribution in [-0.4, -0.2) is 42.0 Å². The van der Waals surface area contributed by atoms with Gasteiger partial charge in [0.15, 0.2) is 5.16 Å². The van der Waals surface area contributed by atoms with E-state index in [0.29, 0.717) is 5.25 Å². The van der Waals surface area contributed by atoms with Gasteiger partial charge in [-0.15, -0.1) is 0 Å². The molecule has 0 aliphatic carbocycles. The zero-order valence-corrected chi connectivity index (χ0v) is 10.7. The van der Waals surface area contributed by atoms with Crippen LogP contribution < -0.4 is 5.32 Å². The van der Waals surface area contributed by atoms with Gasteiger partial charge in [0, 0.05) is 37.9 Å². The Morgan fingerprint density at radius 3 is 2.88 bits per heavy atom. The van der Waals surface area contributed by atoms with Crippen molar-refractivity contribution in [1.82, 2.24) is 15.3 Å². The molecule has 1 heterocycles. The van der Waals surface area contributed by atoms with Gasteiger partial charge in [0.1, 0.15) is 0 Å². The molecule has 1 aromatic rings. The highest BCUT2D eigenvalue weighted by atomic mass is 32.2. The molecule has 1 N–H and O–H groups in total. The minimum absolute atomic E-state index is 0.477. The molecule has 0 aliphatic heterocycles. The Morgan fingerprint density at radius 1 is 1.44 bits per heavy atom. The lowest BCUT2D eigenvalue weighted by Crippen LogP contribution is -2.24. The molecule has 0 fully saturated rings. The molecule has 5 heteroatoms. The van der Waals surface area contributed by atoms with E-state index in [1.54, 1.807) is 31.3 Å². The van der Waals surface area contributed by atoms with Gasteiger partial charge < -0.3 is 10.1 Å². The molecule has 1 aromatic heterocycles. The second-order valence-corrected chi connectivity index (χ2v) is 4.92. The van der Waals surface area contributed by atoms with Gasteiger partial charge in [0.2, 0.25) is 0 Å². The maximum Gasteiger partial charge on any atom is 0.187 e. The Kier molecular flexibility index (Phi) is 7.12. The topological polar surface area (TPSA) is 47.0 Å². The molecular weight excluding hydrogens is 222 g/mol. The highest BCUT2D eigenvalue weighted by Gasteiger charge is 2.05. The van der Waals surface area contributed by atoms with Crippen LogP contribution in [0.3, 0.4) is 0 Å². The van der Waals surface area contributed by atoms with Gasteiger partial charge in [-0.2, -0.15) is 0 Å². The van der Waals surface area contributed by atoms with E-state index in [1.807, 2.05) is 6.07 Å². The van der Waals surface area contributed by atoms with E-state index in [2.05, 4.69) is 22.2 Å². The summed E-state index contributed by atoms with van der Waals surface area (Å²) < 4.78 is 4.98. The van der Waals surface area contributed by atoms with E-state index in [0.717, 1.165) is 31.3 Å². The summed E-state index contributed by atoms with van der Waals surface area (Å²) in [6.07, 6.45) is 4.60. The first-order valence-corrected chi connectivity index (χ1v) is 6.34. The maximum absolute atomic E-state index is 4.98. The number of thioether (sulfide) groups is 1. The minimum atomic E-state index is 0.477. The van der Waals surface area contributed by atoms with Crippen molar-refractivity contribution in [3.63, 3.8) is 0 Å². The Morgan fingerprint density at radius 2 is 2.19 bits per heavy atom. The number of ether oxygens (including phenoxy) is 1. The third-order valence-corrected chi connectivity index (χ3v) is 2.97. The molecule has 0 saturated carbocycles. The molecule has 1 rings (SSSR count). The molecule has 0 radical (unpaired) electrons. The van der Waals surface area contributed by atoms with Gasteiger partial charge in [-0.1, -0.05) is 18.7 Å². The first-order valence-electron chi connectivity index (χ1n) is 5.46. The number of nitrogens with one attached hydrogen (secondary N) is 1.